The van der Waals surface area contributed by atoms with Crippen LogP contribution in [0.1, 0.15) is 28.3 Å². The first-order valence-electron chi connectivity index (χ1n) is 6.59. The van der Waals surface area contributed by atoms with Crippen molar-refractivity contribution < 1.29 is 9.18 Å². The van der Waals surface area contributed by atoms with Gasteiger partial charge in [0.25, 0.3) is 0 Å². The van der Waals surface area contributed by atoms with Gasteiger partial charge < -0.3 is 11.1 Å². The SMILES string of the molecule is Cc1ccc(C(N)c2cc3c(cc2Cl)NC(=O)C3)c(F)c1. The number of amides is 1. The molecule has 108 valence electrons. The first-order chi connectivity index (χ1) is 9.95. The average molecular weight is 305 g/mol. The zero-order valence-electron chi connectivity index (χ0n) is 11.4. The largest absolute Gasteiger partial charge is 0.325 e. The van der Waals surface area contributed by atoms with Crippen molar-refractivity contribution in [2.75, 3.05) is 5.32 Å². The molecule has 3 rings (SSSR count). The molecule has 0 bridgehead atoms. The first-order valence-corrected chi connectivity index (χ1v) is 6.97. The van der Waals surface area contributed by atoms with Crippen LogP contribution in [0.15, 0.2) is 30.3 Å². The van der Waals surface area contributed by atoms with E-state index in [1.54, 1.807) is 18.2 Å². The molecule has 2 aromatic rings. The molecule has 1 heterocycles. The highest BCUT2D eigenvalue weighted by atomic mass is 35.5. The quantitative estimate of drug-likeness (QED) is 0.894. The summed E-state index contributed by atoms with van der Waals surface area (Å²) in [5, 5.41) is 3.14. The Morgan fingerprint density at radius 2 is 2.05 bits per heavy atom. The number of carbonyl (C=O) groups is 1. The van der Waals surface area contributed by atoms with Crippen molar-refractivity contribution in [2.24, 2.45) is 5.73 Å². The molecule has 0 fully saturated rings. The standard InChI is InChI=1S/C16H14ClFN2O/c1-8-2-3-10(13(18)4-8)16(19)11-5-9-6-15(21)20-14(9)7-12(11)17/h2-5,7,16H,6,19H2,1H3,(H,20,21). The van der Waals surface area contributed by atoms with E-state index >= 15 is 0 Å². The van der Waals surface area contributed by atoms with E-state index in [2.05, 4.69) is 5.32 Å². The predicted octanol–water partition coefficient (Wildman–Crippen LogP) is 3.33. The van der Waals surface area contributed by atoms with Gasteiger partial charge >= 0.3 is 0 Å². The Bertz CT molecular complexity index is 745. The third-order valence-electron chi connectivity index (χ3n) is 3.67. The van der Waals surface area contributed by atoms with Gasteiger partial charge in [0.2, 0.25) is 5.91 Å². The number of rotatable bonds is 2. The summed E-state index contributed by atoms with van der Waals surface area (Å²) in [5.41, 5.74) is 9.54. The first kappa shape index (κ1) is 14.0. The average Bonchev–Trinajstić information content (AvgIpc) is 2.76. The summed E-state index contributed by atoms with van der Waals surface area (Å²) < 4.78 is 14.1. The molecule has 5 heteroatoms. The molecule has 1 amide bonds. The summed E-state index contributed by atoms with van der Waals surface area (Å²) in [4.78, 5) is 11.4. The van der Waals surface area contributed by atoms with Gasteiger partial charge in [0.1, 0.15) is 5.82 Å². The van der Waals surface area contributed by atoms with Crippen molar-refractivity contribution in [3.8, 4) is 0 Å². The van der Waals surface area contributed by atoms with Gasteiger partial charge in [-0.3, -0.25) is 4.79 Å². The van der Waals surface area contributed by atoms with Crippen LogP contribution < -0.4 is 11.1 Å². The van der Waals surface area contributed by atoms with Gasteiger partial charge in [-0.2, -0.15) is 0 Å². The molecule has 0 aliphatic carbocycles. The topological polar surface area (TPSA) is 55.1 Å². The van der Waals surface area contributed by atoms with E-state index in [1.807, 2.05) is 13.0 Å². The van der Waals surface area contributed by atoms with Crippen LogP contribution in [0.2, 0.25) is 5.02 Å². The third kappa shape index (κ3) is 2.52. The molecule has 1 unspecified atom stereocenters. The van der Waals surface area contributed by atoms with E-state index in [4.69, 9.17) is 17.3 Å². The number of aryl methyl sites for hydroxylation is 1. The number of hydrogen-bond acceptors (Lipinski definition) is 2. The number of carbonyl (C=O) groups excluding carboxylic acids is 1. The van der Waals surface area contributed by atoms with E-state index in [0.717, 1.165) is 11.1 Å². The third-order valence-corrected chi connectivity index (χ3v) is 4.00. The Labute approximate surface area is 126 Å². The lowest BCUT2D eigenvalue weighted by atomic mass is 9.96. The van der Waals surface area contributed by atoms with Crippen molar-refractivity contribution in [1.29, 1.82) is 0 Å². The van der Waals surface area contributed by atoms with Crippen LogP contribution in [-0.4, -0.2) is 5.91 Å². The fourth-order valence-electron chi connectivity index (χ4n) is 2.56. The van der Waals surface area contributed by atoms with Crippen molar-refractivity contribution in [3.63, 3.8) is 0 Å². The molecule has 0 radical (unpaired) electrons. The Balaban J connectivity index is 2.04. The van der Waals surface area contributed by atoms with Gasteiger partial charge in [-0.1, -0.05) is 23.7 Å². The van der Waals surface area contributed by atoms with Crippen LogP contribution in [0.4, 0.5) is 10.1 Å². The minimum Gasteiger partial charge on any atom is -0.325 e. The molecule has 0 aromatic heterocycles. The number of nitrogens with two attached hydrogens (primary N) is 1. The Morgan fingerprint density at radius 1 is 1.29 bits per heavy atom. The predicted molar refractivity (Wildman–Crippen MR) is 81.0 cm³/mol. The van der Waals surface area contributed by atoms with E-state index in [-0.39, 0.29) is 11.7 Å². The van der Waals surface area contributed by atoms with Crippen molar-refractivity contribution in [3.05, 3.63) is 63.4 Å². The maximum atomic E-state index is 14.1. The van der Waals surface area contributed by atoms with Crippen LogP contribution in [0.25, 0.3) is 0 Å². The summed E-state index contributed by atoms with van der Waals surface area (Å²) in [7, 11) is 0. The fourth-order valence-corrected chi connectivity index (χ4v) is 2.84. The minimum absolute atomic E-state index is 0.0756. The van der Waals surface area contributed by atoms with Crippen LogP contribution >= 0.6 is 11.6 Å². The highest BCUT2D eigenvalue weighted by Gasteiger charge is 2.23. The van der Waals surface area contributed by atoms with E-state index in [9.17, 15) is 9.18 Å². The highest BCUT2D eigenvalue weighted by Crippen LogP contribution is 2.34. The van der Waals surface area contributed by atoms with Crippen molar-refractivity contribution >= 4 is 23.2 Å². The zero-order valence-corrected chi connectivity index (χ0v) is 12.2. The monoisotopic (exact) mass is 304 g/mol. The molecule has 0 saturated heterocycles. The number of anilines is 1. The summed E-state index contributed by atoms with van der Waals surface area (Å²) in [6.07, 6.45) is 0.294. The van der Waals surface area contributed by atoms with Gasteiger partial charge in [-0.15, -0.1) is 0 Å². The zero-order chi connectivity index (χ0) is 15.1. The van der Waals surface area contributed by atoms with Crippen LogP contribution in [-0.2, 0) is 11.2 Å². The molecule has 2 aromatic carbocycles. The molecule has 1 aliphatic heterocycles. The van der Waals surface area contributed by atoms with Crippen LogP contribution in [0, 0.1) is 12.7 Å². The van der Waals surface area contributed by atoms with Crippen molar-refractivity contribution in [1.82, 2.24) is 0 Å². The second kappa shape index (κ2) is 5.13. The van der Waals surface area contributed by atoms with Gasteiger partial charge in [0.05, 0.1) is 12.5 Å². The summed E-state index contributed by atoms with van der Waals surface area (Å²) in [5.74, 6) is -0.429. The molecular weight excluding hydrogens is 291 g/mol. The molecule has 3 N–H and O–H groups in total. The second-order valence-electron chi connectivity index (χ2n) is 5.26. The van der Waals surface area contributed by atoms with Gasteiger partial charge in [-0.05, 0) is 41.8 Å². The fraction of sp³-hybridized carbons (Fsp3) is 0.188. The number of nitrogens with one attached hydrogen (secondary N) is 1. The minimum atomic E-state index is -0.667. The van der Waals surface area contributed by atoms with E-state index in [1.165, 1.54) is 6.07 Å². The Morgan fingerprint density at radius 3 is 2.76 bits per heavy atom. The normalized spacial score (nSPS) is 14.8. The van der Waals surface area contributed by atoms with E-state index in [0.29, 0.717) is 28.3 Å². The Hall–Kier alpha value is -1.91. The molecule has 1 aliphatic rings. The molecular formula is C16H14ClFN2O. The highest BCUT2D eigenvalue weighted by molar-refractivity contribution is 6.32. The van der Waals surface area contributed by atoms with Gasteiger partial charge in [-0.25, -0.2) is 4.39 Å². The summed E-state index contributed by atoms with van der Waals surface area (Å²) in [6.45, 7) is 1.82. The molecule has 0 spiro atoms. The number of benzene rings is 2. The van der Waals surface area contributed by atoms with Crippen LogP contribution in [0.5, 0.6) is 0 Å². The maximum absolute atomic E-state index is 14.1. The second-order valence-corrected chi connectivity index (χ2v) is 5.67. The smallest absolute Gasteiger partial charge is 0.228 e. The van der Waals surface area contributed by atoms with E-state index < -0.39 is 6.04 Å². The van der Waals surface area contributed by atoms with Crippen molar-refractivity contribution in [2.45, 2.75) is 19.4 Å². The summed E-state index contributed by atoms with van der Waals surface area (Å²) in [6, 6.07) is 7.70. The Kier molecular flexibility index (Phi) is 3.43. The number of fused-ring (bicyclic) bond motifs is 1. The maximum Gasteiger partial charge on any atom is 0.228 e. The molecule has 21 heavy (non-hydrogen) atoms. The number of halogens is 2. The lowest BCUT2D eigenvalue weighted by Crippen LogP contribution is -2.14. The lowest BCUT2D eigenvalue weighted by Gasteiger charge is -2.16. The lowest BCUT2D eigenvalue weighted by molar-refractivity contribution is -0.115. The van der Waals surface area contributed by atoms with Gasteiger partial charge in [0, 0.05) is 16.3 Å². The molecule has 1 atom stereocenters. The van der Waals surface area contributed by atoms with Crippen LogP contribution in [0.3, 0.4) is 0 Å². The molecule has 0 saturated carbocycles. The molecule has 3 nitrogen and oxygen atoms in total. The van der Waals surface area contributed by atoms with Gasteiger partial charge in [0.15, 0.2) is 0 Å². The summed E-state index contributed by atoms with van der Waals surface area (Å²) >= 11 is 6.23. The number of hydrogen-bond donors (Lipinski definition) is 2.